The highest BCUT2D eigenvalue weighted by molar-refractivity contribution is 5.89. The van der Waals surface area contributed by atoms with Crippen molar-refractivity contribution in [3.05, 3.63) is 29.8 Å². The number of nitrogens with one attached hydrogen (secondary N) is 2. The molecule has 2 N–H and O–H groups in total. The van der Waals surface area contributed by atoms with Gasteiger partial charge in [0.15, 0.2) is 0 Å². The molecule has 0 radical (unpaired) electrons. The zero-order valence-electron chi connectivity index (χ0n) is 14.3. The van der Waals surface area contributed by atoms with E-state index in [9.17, 15) is 13.6 Å². The number of urea groups is 1. The molecule has 0 bridgehead atoms. The van der Waals surface area contributed by atoms with Gasteiger partial charge in [0, 0.05) is 12.1 Å². The number of amides is 2. The van der Waals surface area contributed by atoms with E-state index in [0.717, 1.165) is 37.8 Å². The van der Waals surface area contributed by atoms with Crippen molar-refractivity contribution in [1.82, 2.24) is 5.32 Å². The lowest BCUT2D eigenvalue weighted by Gasteiger charge is -2.20. The van der Waals surface area contributed by atoms with Crippen molar-refractivity contribution in [1.29, 1.82) is 0 Å². The van der Waals surface area contributed by atoms with Gasteiger partial charge >= 0.3 is 6.03 Å². The SMILES string of the molecule is O=C(Nc1ccc(F)cc1F)NC1CCCCCCCCCCC1. The van der Waals surface area contributed by atoms with Crippen molar-refractivity contribution >= 4 is 11.7 Å². The van der Waals surface area contributed by atoms with Crippen molar-refractivity contribution in [3.63, 3.8) is 0 Å². The van der Waals surface area contributed by atoms with Crippen molar-refractivity contribution in [3.8, 4) is 0 Å². The van der Waals surface area contributed by atoms with Crippen LogP contribution >= 0.6 is 0 Å². The number of benzene rings is 1. The molecular weight excluding hydrogens is 310 g/mol. The molecule has 5 heteroatoms. The quantitative estimate of drug-likeness (QED) is 0.707. The second kappa shape index (κ2) is 10.3. The summed E-state index contributed by atoms with van der Waals surface area (Å²) in [5.74, 6) is -1.42. The highest BCUT2D eigenvalue weighted by Crippen LogP contribution is 2.18. The highest BCUT2D eigenvalue weighted by atomic mass is 19.1. The van der Waals surface area contributed by atoms with Crippen molar-refractivity contribution in [2.24, 2.45) is 0 Å². The molecule has 0 unspecified atom stereocenters. The molecule has 24 heavy (non-hydrogen) atoms. The van der Waals surface area contributed by atoms with E-state index in [1.54, 1.807) is 0 Å². The van der Waals surface area contributed by atoms with Crippen LogP contribution in [0.3, 0.4) is 0 Å². The first-order chi connectivity index (χ1) is 11.6. The van der Waals surface area contributed by atoms with Gasteiger partial charge in [-0.25, -0.2) is 13.6 Å². The maximum atomic E-state index is 13.6. The summed E-state index contributed by atoms with van der Waals surface area (Å²) >= 11 is 0. The third-order valence-corrected chi connectivity index (χ3v) is 4.62. The van der Waals surface area contributed by atoms with E-state index < -0.39 is 17.7 Å². The van der Waals surface area contributed by atoms with Crippen LogP contribution in [0, 0.1) is 11.6 Å². The summed E-state index contributed by atoms with van der Waals surface area (Å²) in [5.41, 5.74) is 0.00190. The van der Waals surface area contributed by atoms with E-state index in [2.05, 4.69) is 10.6 Å². The summed E-state index contributed by atoms with van der Waals surface area (Å²) in [4.78, 5) is 12.1. The Kier molecular flexibility index (Phi) is 7.99. The number of hydrogen-bond acceptors (Lipinski definition) is 1. The fraction of sp³-hybridized carbons (Fsp3) is 0.632. The first-order valence-electron chi connectivity index (χ1n) is 9.18. The summed E-state index contributed by atoms with van der Waals surface area (Å²) in [5, 5.41) is 5.43. The van der Waals surface area contributed by atoms with Crippen LogP contribution in [0.1, 0.15) is 70.6 Å². The monoisotopic (exact) mass is 338 g/mol. The van der Waals surface area contributed by atoms with Gasteiger partial charge < -0.3 is 10.6 Å². The largest absolute Gasteiger partial charge is 0.335 e. The fourth-order valence-corrected chi connectivity index (χ4v) is 3.24. The van der Waals surface area contributed by atoms with Crippen molar-refractivity contribution in [2.45, 2.75) is 76.7 Å². The minimum atomic E-state index is -0.760. The first kappa shape index (κ1) is 18.7. The van der Waals surface area contributed by atoms with E-state index in [0.29, 0.717) is 0 Å². The molecule has 1 saturated carbocycles. The number of anilines is 1. The normalized spacial score (nSPS) is 18.2. The Morgan fingerprint density at radius 3 is 1.96 bits per heavy atom. The molecule has 1 aromatic rings. The van der Waals surface area contributed by atoms with Crippen molar-refractivity contribution < 1.29 is 13.6 Å². The van der Waals surface area contributed by atoms with Gasteiger partial charge in [-0.1, -0.05) is 57.8 Å². The van der Waals surface area contributed by atoms with E-state index in [-0.39, 0.29) is 11.7 Å². The molecule has 0 aliphatic heterocycles. The third-order valence-electron chi connectivity index (χ3n) is 4.62. The van der Waals surface area contributed by atoms with E-state index in [4.69, 9.17) is 0 Å². The standard InChI is InChI=1S/C19H28F2N2O/c20-15-12-13-18(17(21)14-15)23-19(24)22-16-10-8-6-4-2-1-3-5-7-9-11-16/h12-14,16H,1-11H2,(H2,22,23,24). The fourth-order valence-electron chi connectivity index (χ4n) is 3.24. The molecule has 0 atom stereocenters. The number of carbonyl (C=O) groups excluding carboxylic acids is 1. The third kappa shape index (κ3) is 6.85. The van der Waals surface area contributed by atoms with E-state index >= 15 is 0 Å². The topological polar surface area (TPSA) is 41.1 Å². The second-order valence-corrected chi connectivity index (χ2v) is 6.68. The predicted octanol–water partition coefficient (Wildman–Crippen LogP) is 5.76. The van der Waals surface area contributed by atoms with Crippen LogP contribution in [0.25, 0.3) is 0 Å². The molecule has 1 aromatic carbocycles. The van der Waals surface area contributed by atoms with Crippen LogP contribution in [0.15, 0.2) is 18.2 Å². The molecule has 134 valence electrons. The Labute approximate surface area is 143 Å². The van der Waals surface area contributed by atoms with Gasteiger partial charge in [-0.3, -0.25) is 0 Å². The van der Waals surface area contributed by atoms with Gasteiger partial charge in [-0.2, -0.15) is 0 Å². The van der Waals surface area contributed by atoms with Gasteiger partial charge in [-0.15, -0.1) is 0 Å². The molecule has 1 aliphatic carbocycles. The molecule has 1 fully saturated rings. The number of rotatable bonds is 2. The molecule has 2 rings (SSSR count). The van der Waals surface area contributed by atoms with E-state index in [1.807, 2.05) is 0 Å². The predicted molar refractivity (Wildman–Crippen MR) is 93.1 cm³/mol. The summed E-state index contributed by atoms with van der Waals surface area (Å²) in [6.07, 6.45) is 13.0. The minimum absolute atomic E-state index is 0.00190. The maximum absolute atomic E-state index is 13.6. The molecule has 0 spiro atoms. The molecule has 1 aliphatic rings. The van der Waals surface area contributed by atoms with Crippen LogP contribution in [0.4, 0.5) is 19.3 Å². The van der Waals surface area contributed by atoms with E-state index in [1.165, 1.54) is 51.0 Å². The Morgan fingerprint density at radius 1 is 0.875 bits per heavy atom. The second-order valence-electron chi connectivity index (χ2n) is 6.68. The Morgan fingerprint density at radius 2 is 1.42 bits per heavy atom. The first-order valence-corrected chi connectivity index (χ1v) is 9.18. The lowest BCUT2D eigenvalue weighted by Crippen LogP contribution is -2.38. The lowest BCUT2D eigenvalue weighted by atomic mass is 9.98. The smallest absolute Gasteiger partial charge is 0.319 e. The van der Waals surface area contributed by atoms with Crippen molar-refractivity contribution in [2.75, 3.05) is 5.32 Å². The van der Waals surface area contributed by atoms with Crippen LogP contribution in [-0.2, 0) is 0 Å². The van der Waals surface area contributed by atoms with Gasteiger partial charge in [0.05, 0.1) is 5.69 Å². The molecular formula is C19H28F2N2O. The van der Waals surface area contributed by atoms with Gasteiger partial charge in [0.25, 0.3) is 0 Å². The Balaban J connectivity index is 1.84. The zero-order chi connectivity index (χ0) is 17.2. The molecule has 2 amide bonds. The molecule has 0 aromatic heterocycles. The highest BCUT2D eigenvalue weighted by Gasteiger charge is 2.14. The zero-order valence-corrected chi connectivity index (χ0v) is 14.3. The number of halogens is 2. The van der Waals surface area contributed by atoms with Gasteiger partial charge in [0.1, 0.15) is 11.6 Å². The van der Waals surface area contributed by atoms with Crippen LogP contribution in [0.5, 0.6) is 0 Å². The van der Waals surface area contributed by atoms with Gasteiger partial charge in [-0.05, 0) is 25.0 Å². The average molecular weight is 338 g/mol. The molecule has 0 saturated heterocycles. The summed E-state index contributed by atoms with van der Waals surface area (Å²) in [6, 6.07) is 2.84. The summed E-state index contributed by atoms with van der Waals surface area (Å²) in [7, 11) is 0. The Hall–Kier alpha value is -1.65. The van der Waals surface area contributed by atoms with Crippen LogP contribution in [-0.4, -0.2) is 12.1 Å². The van der Waals surface area contributed by atoms with Crippen LogP contribution < -0.4 is 10.6 Å². The minimum Gasteiger partial charge on any atom is -0.335 e. The number of carbonyl (C=O) groups is 1. The van der Waals surface area contributed by atoms with Crippen LogP contribution in [0.2, 0.25) is 0 Å². The summed E-state index contributed by atoms with van der Waals surface area (Å²) < 4.78 is 26.5. The maximum Gasteiger partial charge on any atom is 0.319 e. The van der Waals surface area contributed by atoms with Gasteiger partial charge in [0.2, 0.25) is 0 Å². The lowest BCUT2D eigenvalue weighted by molar-refractivity contribution is 0.246. The Bertz CT molecular complexity index is 510. The summed E-state index contributed by atoms with van der Waals surface area (Å²) in [6.45, 7) is 0. The molecule has 3 nitrogen and oxygen atoms in total. The number of hydrogen-bond donors (Lipinski definition) is 2. The average Bonchev–Trinajstić information content (AvgIpc) is 2.53. The molecule has 0 heterocycles.